The number of carbonyl (C=O) groups is 2. The molecule has 0 spiro atoms. The Morgan fingerprint density at radius 3 is 1.75 bits per heavy atom. The molecule has 0 bridgehead atoms. The van der Waals surface area contributed by atoms with Crippen LogP contribution in [0.5, 0.6) is 0 Å². The quantitative estimate of drug-likeness (QED) is 0.0155. The van der Waals surface area contributed by atoms with Crippen LogP contribution in [0.25, 0.3) is 0 Å². The Morgan fingerprint density at radius 2 is 1.14 bits per heavy atom. The van der Waals surface area contributed by atoms with Crippen LogP contribution >= 0.6 is 7.82 Å². The minimum absolute atomic E-state index is 0.00143. The molecule has 0 heterocycles. The van der Waals surface area contributed by atoms with E-state index in [1.54, 1.807) is 6.08 Å². The Morgan fingerprint density at radius 1 is 0.610 bits per heavy atom. The minimum Gasteiger partial charge on any atom is -0.462 e. The van der Waals surface area contributed by atoms with Crippen molar-refractivity contribution in [3.8, 4) is 0 Å². The number of rotatable bonds is 39. The molecule has 0 saturated heterocycles. The fourth-order valence-electron chi connectivity index (χ4n) is 5.39. The van der Waals surface area contributed by atoms with Crippen LogP contribution in [0.15, 0.2) is 85.1 Å². The van der Waals surface area contributed by atoms with Gasteiger partial charge in [-0.1, -0.05) is 137 Å². The molecule has 0 aromatic rings. The van der Waals surface area contributed by atoms with Gasteiger partial charge in [-0.2, -0.15) is 0 Å². The number of phosphoric ester groups is 1. The molecule has 59 heavy (non-hydrogen) atoms. The molecule has 0 radical (unpaired) electrons. The number of phosphoric acid groups is 1. The summed E-state index contributed by atoms with van der Waals surface area (Å²) in [5.74, 6) is -0.940. The molecule has 0 amide bonds. The summed E-state index contributed by atoms with van der Waals surface area (Å²) in [4.78, 5) is 35.4. The van der Waals surface area contributed by atoms with Crippen molar-refractivity contribution in [2.45, 2.75) is 161 Å². The van der Waals surface area contributed by atoms with Crippen LogP contribution < -0.4 is 0 Å². The van der Waals surface area contributed by atoms with Gasteiger partial charge in [0.25, 0.3) is 0 Å². The third-order valence-electron chi connectivity index (χ3n) is 8.98. The highest BCUT2D eigenvalue weighted by Gasteiger charge is 2.27. The average Bonchev–Trinajstić information content (AvgIpc) is 3.18. The molecule has 10 nitrogen and oxygen atoms in total. The molecule has 0 aromatic carbocycles. The molecule has 0 aliphatic carbocycles. The van der Waals surface area contributed by atoms with E-state index in [1.807, 2.05) is 57.6 Å². The Hall–Kier alpha value is -2.85. The maximum absolute atomic E-state index is 12.7. The lowest BCUT2D eigenvalue weighted by molar-refractivity contribution is -0.870. The monoisotopic (exact) mass is 849 g/mol. The number of ether oxygens (including phenoxy) is 2. The summed E-state index contributed by atoms with van der Waals surface area (Å²) < 4.78 is 34.2. The molecular formula is C48H83NO9P+. The molecular weight excluding hydrogens is 766 g/mol. The van der Waals surface area contributed by atoms with E-state index in [1.165, 1.54) is 44.9 Å². The van der Waals surface area contributed by atoms with E-state index in [9.17, 15) is 24.2 Å². The zero-order valence-corrected chi connectivity index (χ0v) is 38.5. The van der Waals surface area contributed by atoms with E-state index in [2.05, 4.69) is 56.4 Å². The fourth-order valence-corrected chi connectivity index (χ4v) is 6.13. The second kappa shape index (κ2) is 39.3. The summed E-state index contributed by atoms with van der Waals surface area (Å²) in [6.07, 6.45) is 46.6. The van der Waals surface area contributed by atoms with Gasteiger partial charge in [-0.3, -0.25) is 18.6 Å². The number of hydrogen-bond acceptors (Lipinski definition) is 8. The Bertz CT molecular complexity index is 1300. The fraction of sp³-hybridized carbons (Fsp3) is 0.667. The lowest BCUT2D eigenvalue weighted by atomic mass is 10.1. The number of allylic oxidation sites excluding steroid dienone is 12. The highest BCUT2D eigenvalue weighted by Crippen LogP contribution is 2.43. The maximum Gasteiger partial charge on any atom is 0.472 e. The topological polar surface area (TPSA) is 129 Å². The molecule has 0 aliphatic heterocycles. The van der Waals surface area contributed by atoms with Gasteiger partial charge in [-0.25, -0.2) is 4.57 Å². The highest BCUT2D eigenvalue weighted by atomic mass is 31.2. The molecule has 338 valence electrons. The molecule has 0 aliphatic rings. The smallest absolute Gasteiger partial charge is 0.462 e. The van der Waals surface area contributed by atoms with Crippen molar-refractivity contribution in [3.63, 3.8) is 0 Å². The van der Waals surface area contributed by atoms with Crippen LogP contribution in [0.3, 0.4) is 0 Å². The van der Waals surface area contributed by atoms with E-state index in [-0.39, 0.29) is 26.1 Å². The number of hydrogen-bond donors (Lipinski definition) is 2. The van der Waals surface area contributed by atoms with E-state index in [0.29, 0.717) is 43.1 Å². The van der Waals surface area contributed by atoms with Gasteiger partial charge in [0.15, 0.2) is 6.10 Å². The van der Waals surface area contributed by atoms with Gasteiger partial charge < -0.3 is 24.0 Å². The molecule has 0 saturated carbocycles. The summed E-state index contributed by atoms with van der Waals surface area (Å²) in [7, 11) is 1.37. The van der Waals surface area contributed by atoms with Crippen LogP contribution in [-0.2, 0) is 32.7 Å². The Balaban J connectivity index is 4.57. The molecule has 3 atom stereocenters. The molecule has 0 rings (SSSR count). The number of esters is 2. The summed E-state index contributed by atoms with van der Waals surface area (Å²) in [6, 6.07) is 0. The van der Waals surface area contributed by atoms with Gasteiger partial charge in [0.1, 0.15) is 19.8 Å². The number of carbonyl (C=O) groups excluding carboxylic acids is 2. The van der Waals surface area contributed by atoms with Crippen LogP contribution in [0.4, 0.5) is 0 Å². The molecule has 0 fully saturated rings. The second-order valence-electron chi connectivity index (χ2n) is 15.9. The van der Waals surface area contributed by atoms with Crippen LogP contribution in [0.2, 0.25) is 0 Å². The third kappa shape index (κ3) is 43.1. The van der Waals surface area contributed by atoms with Crippen molar-refractivity contribution in [2.24, 2.45) is 0 Å². The lowest BCUT2D eigenvalue weighted by Gasteiger charge is -2.24. The van der Waals surface area contributed by atoms with Crippen molar-refractivity contribution >= 4 is 19.8 Å². The van der Waals surface area contributed by atoms with Gasteiger partial charge in [0.2, 0.25) is 0 Å². The van der Waals surface area contributed by atoms with Gasteiger partial charge in [0, 0.05) is 12.8 Å². The maximum atomic E-state index is 12.7. The van der Waals surface area contributed by atoms with Crippen molar-refractivity contribution in [1.29, 1.82) is 0 Å². The van der Waals surface area contributed by atoms with Crippen LogP contribution in [-0.4, -0.2) is 86.1 Å². The summed E-state index contributed by atoms with van der Waals surface area (Å²) >= 11 is 0. The molecule has 1 unspecified atom stereocenters. The van der Waals surface area contributed by atoms with Crippen molar-refractivity contribution in [1.82, 2.24) is 0 Å². The first-order chi connectivity index (χ1) is 28.4. The number of nitrogens with zero attached hydrogens (tertiary/aromatic N) is 1. The first-order valence-electron chi connectivity index (χ1n) is 22.4. The van der Waals surface area contributed by atoms with Gasteiger partial charge in [-0.05, 0) is 83.5 Å². The summed E-state index contributed by atoms with van der Waals surface area (Å²) in [5, 5.41) is 10.1. The predicted molar refractivity (Wildman–Crippen MR) is 244 cm³/mol. The first-order valence-corrected chi connectivity index (χ1v) is 23.9. The van der Waals surface area contributed by atoms with E-state index < -0.39 is 38.6 Å². The number of aliphatic hydroxyl groups is 1. The summed E-state index contributed by atoms with van der Waals surface area (Å²) in [5.41, 5.74) is 0. The SMILES string of the molecule is CCCCC/C=C\C=C/[C@H](O)C/C=C\C/C=C/CCCC(=O)O[C@H](COC(=O)CCCCCC/C=C\C/C=C\C/C=C\CCCCC)COP(=O)(O)OCC[N+](C)(C)C. The van der Waals surface area contributed by atoms with Crippen molar-refractivity contribution in [2.75, 3.05) is 47.5 Å². The number of quaternary nitrogens is 1. The Kier molecular flexibility index (Phi) is 37.4. The minimum atomic E-state index is -4.42. The summed E-state index contributed by atoms with van der Waals surface area (Å²) in [6.45, 7) is 4.16. The number of likely N-dealkylation sites (N-methyl/N-ethyl adjacent to an activating group) is 1. The zero-order valence-electron chi connectivity index (χ0n) is 37.6. The van der Waals surface area contributed by atoms with Gasteiger partial charge >= 0.3 is 19.8 Å². The highest BCUT2D eigenvalue weighted by molar-refractivity contribution is 7.47. The van der Waals surface area contributed by atoms with Crippen LogP contribution in [0, 0.1) is 0 Å². The number of unbranched alkanes of at least 4 members (excludes halogenated alkanes) is 11. The lowest BCUT2D eigenvalue weighted by Crippen LogP contribution is -2.37. The van der Waals surface area contributed by atoms with Crippen molar-refractivity contribution < 1.29 is 47.2 Å². The van der Waals surface area contributed by atoms with Gasteiger partial charge in [-0.15, -0.1) is 0 Å². The first kappa shape index (κ1) is 56.1. The third-order valence-corrected chi connectivity index (χ3v) is 9.96. The predicted octanol–water partition coefficient (Wildman–Crippen LogP) is 11.8. The van der Waals surface area contributed by atoms with E-state index in [0.717, 1.165) is 44.9 Å². The molecule has 2 N–H and O–H groups in total. The molecule has 0 aromatic heterocycles. The molecule has 11 heteroatoms. The average molecular weight is 849 g/mol. The van der Waals surface area contributed by atoms with E-state index in [4.69, 9.17) is 18.5 Å². The Labute approximate surface area is 359 Å². The van der Waals surface area contributed by atoms with Crippen molar-refractivity contribution in [3.05, 3.63) is 85.1 Å². The van der Waals surface area contributed by atoms with Gasteiger partial charge in [0.05, 0.1) is 33.9 Å². The normalized spacial score (nSPS) is 14.9. The zero-order chi connectivity index (χ0) is 43.7. The second-order valence-corrected chi connectivity index (χ2v) is 17.4. The van der Waals surface area contributed by atoms with E-state index >= 15 is 0 Å². The largest absolute Gasteiger partial charge is 0.472 e. The standard InChI is InChI=1S/C48H82NO9P/c1-6-8-10-12-14-15-16-17-18-19-20-21-22-23-27-31-35-39-47(51)55-43-46(44-57-59(53,54)56-42-41-49(3,4)5)58-48(52)40-36-32-28-24-26-30-34-38-45(50)37-33-29-25-13-11-9-7-2/h14-15,17-18,20-21,24-25,28-30,33-34,37,45-46,50H,6-13,16,19,22-23,26-27,31-32,35-36,38-44H2,1-5H3/p+1/b15-14-,18-17-,21-20-,28-24+,29-25-,34-30-,37-33-/t45-,46+/m0/s1. The van der Waals surface area contributed by atoms with Crippen LogP contribution in [0.1, 0.15) is 149 Å². The number of aliphatic hydroxyl groups excluding tert-OH is 1.